The first kappa shape index (κ1) is 12.5. The third kappa shape index (κ3) is 8.56. The molecule has 0 bridgehead atoms. The molecule has 0 radical (unpaired) electrons. The third-order valence-electron chi connectivity index (χ3n) is 0.636. The second-order valence-corrected chi connectivity index (χ2v) is 7.88. The Kier molecular flexibility index (Phi) is 4.27. The average molecular weight is 210 g/mol. The summed E-state index contributed by atoms with van der Waals surface area (Å²) in [7, 11) is 0.0913. The highest BCUT2D eigenvalue weighted by Gasteiger charge is 2.21. The van der Waals surface area contributed by atoms with Crippen LogP contribution in [-0.4, -0.2) is 14.6 Å². The molecule has 0 aromatic rings. The lowest BCUT2D eigenvalue weighted by Gasteiger charge is -2.21. The van der Waals surface area contributed by atoms with Crippen molar-refractivity contribution in [2.24, 2.45) is 0 Å². The topological polar surface area (TPSA) is 26.3 Å². The van der Waals surface area contributed by atoms with Crippen molar-refractivity contribution in [2.75, 3.05) is 0 Å². The monoisotopic (exact) mass is 210 g/mol. The minimum Gasteiger partial charge on any atom is -0.276 e. The molecule has 74 valence electrons. The molecule has 0 rings (SSSR count). The minimum atomic E-state index is -1.24. The van der Waals surface area contributed by atoms with E-state index < -0.39 is 10.1 Å². The van der Waals surface area contributed by atoms with Crippen LogP contribution < -0.4 is 0 Å². The van der Waals surface area contributed by atoms with E-state index in [0.29, 0.717) is 0 Å². The zero-order valence-corrected chi connectivity index (χ0v) is 10.3. The summed E-state index contributed by atoms with van der Waals surface area (Å²) < 4.78 is 16.6. The molecule has 0 aromatic heterocycles. The van der Waals surface area contributed by atoms with E-state index in [1.807, 2.05) is 41.5 Å². The van der Waals surface area contributed by atoms with Gasteiger partial charge in [-0.1, -0.05) is 0 Å². The molecular weight excluding hydrogens is 192 g/mol. The molecule has 0 aliphatic rings. The molecule has 0 fully saturated rings. The fourth-order valence-electron chi connectivity index (χ4n) is 0.425. The first-order valence-electron chi connectivity index (χ1n) is 3.91. The van der Waals surface area contributed by atoms with E-state index in [-0.39, 0.29) is 10.3 Å². The van der Waals surface area contributed by atoms with Gasteiger partial charge < -0.3 is 0 Å². The standard InChI is InChI=1S/C8H18O2S2/c1-7(2,3)10-12(9)11-8(4,5)6/h1-6H3. The lowest BCUT2D eigenvalue weighted by atomic mass is 10.2. The minimum absolute atomic E-state index is 0.0177. The van der Waals surface area contributed by atoms with Crippen molar-refractivity contribution in [1.82, 2.24) is 0 Å². The van der Waals surface area contributed by atoms with E-state index in [1.54, 1.807) is 0 Å². The van der Waals surface area contributed by atoms with Crippen molar-refractivity contribution in [1.29, 1.82) is 0 Å². The van der Waals surface area contributed by atoms with E-state index in [2.05, 4.69) is 0 Å². The molecule has 0 saturated carbocycles. The zero-order valence-electron chi connectivity index (χ0n) is 8.63. The summed E-state index contributed by atoms with van der Waals surface area (Å²) in [4.78, 5) is 0. The summed E-state index contributed by atoms with van der Waals surface area (Å²) in [6.07, 6.45) is 0. The molecule has 2 nitrogen and oxygen atoms in total. The highest BCUT2D eigenvalue weighted by atomic mass is 33.1. The van der Waals surface area contributed by atoms with Gasteiger partial charge in [-0.25, -0.2) is 4.21 Å². The third-order valence-corrected chi connectivity index (χ3v) is 4.02. The van der Waals surface area contributed by atoms with Gasteiger partial charge >= 0.3 is 0 Å². The molecule has 0 N–H and O–H groups in total. The van der Waals surface area contributed by atoms with Crippen molar-refractivity contribution < 1.29 is 8.39 Å². The first-order chi connectivity index (χ1) is 5.10. The predicted octanol–water partition coefficient (Wildman–Crippen LogP) is 2.91. The Morgan fingerprint density at radius 1 is 1.08 bits per heavy atom. The van der Waals surface area contributed by atoms with Gasteiger partial charge in [0.15, 0.2) is 0 Å². The Hall–Kier alpha value is 0.460. The summed E-state index contributed by atoms with van der Waals surface area (Å²) in [5, 5.41) is 0. The van der Waals surface area contributed by atoms with Crippen molar-refractivity contribution in [3.05, 3.63) is 0 Å². The van der Waals surface area contributed by atoms with Crippen LogP contribution in [0.3, 0.4) is 0 Å². The Labute approximate surface area is 81.5 Å². The fraction of sp³-hybridized carbons (Fsp3) is 1.00. The van der Waals surface area contributed by atoms with Gasteiger partial charge in [0.2, 0.25) is 10.1 Å². The van der Waals surface area contributed by atoms with Gasteiger partial charge in [-0.05, 0) is 52.3 Å². The van der Waals surface area contributed by atoms with Crippen molar-refractivity contribution in [3.8, 4) is 0 Å². The SMILES string of the molecule is CC(C)(C)OS(=O)SC(C)(C)C. The molecule has 0 saturated heterocycles. The number of rotatable bonds is 2. The van der Waals surface area contributed by atoms with E-state index in [9.17, 15) is 4.21 Å². The van der Waals surface area contributed by atoms with E-state index in [4.69, 9.17) is 4.18 Å². The summed E-state index contributed by atoms with van der Waals surface area (Å²) in [6.45, 7) is 11.7. The van der Waals surface area contributed by atoms with E-state index in [1.165, 1.54) is 10.8 Å². The normalized spacial score (nSPS) is 16.2. The second kappa shape index (κ2) is 4.11. The number of hydrogen-bond acceptors (Lipinski definition) is 3. The zero-order chi connectivity index (χ0) is 9.99. The fourth-order valence-corrected chi connectivity index (χ4v) is 3.21. The lowest BCUT2D eigenvalue weighted by molar-refractivity contribution is 0.157. The van der Waals surface area contributed by atoms with Crippen molar-refractivity contribution in [3.63, 3.8) is 0 Å². The summed E-state index contributed by atoms with van der Waals surface area (Å²) in [5.41, 5.74) is -0.330. The van der Waals surface area contributed by atoms with E-state index >= 15 is 0 Å². The number of hydrogen-bond donors (Lipinski definition) is 0. The van der Waals surface area contributed by atoms with Gasteiger partial charge in [0, 0.05) is 4.75 Å². The average Bonchev–Trinajstić information content (AvgIpc) is 1.49. The molecule has 0 spiro atoms. The maximum atomic E-state index is 11.3. The molecule has 12 heavy (non-hydrogen) atoms. The molecule has 0 aliphatic carbocycles. The second-order valence-electron chi connectivity index (χ2n) is 4.60. The predicted molar refractivity (Wildman–Crippen MR) is 56.3 cm³/mol. The molecule has 0 amide bonds. The van der Waals surface area contributed by atoms with Crippen LogP contribution in [0.1, 0.15) is 41.5 Å². The van der Waals surface area contributed by atoms with Gasteiger partial charge in [-0.15, -0.1) is 0 Å². The highest BCUT2D eigenvalue weighted by molar-refractivity contribution is 8.68. The van der Waals surface area contributed by atoms with Gasteiger partial charge in [0.1, 0.15) is 0 Å². The van der Waals surface area contributed by atoms with Crippen molar-refractivity contribution in [2.45, 2.75) is 51.9 Å². The Morgan fingerprint density at radius 2 is 1.50 bits per heavy atom. The molecule has 0 heterocycles. The first-order valence-corrected chi connectivity index (χ1v) is 6.32. The van der Waals surface area contributed by atoms with Crippen LogP contribution in [-0.2, 0) is 14.3 Å². The molecular formula is C8H18O2S2. The molecule has 4 heteroatoms. The van der Waals surface area contributed by atoms with Crippen LogP contribution in [0.15, 0.2) is 0 Å². The summed E-state index contributed by atoms with van der Waals surface area (Å²) in [5.74, 6) is 0. The highest BCUT2D eigenvalue weighted by Crippen LogP contribution is 2.29. The van der Waals surface area contributed by atoms with Gasteiger partial charge in [-0.2, -0.15) is 0 Å². The Morgan fingerprint density at radius 3 is 1.75 bits per heavy atom. The van der Waals surface area contributed by atoms with Crippen LogP contribution >= 0.6 is 10.8 Å². The van der Waals surface area contributed by atoms with E-state index in [0.717, 1.165) is 0 Å². The molecule has 1 unspecified atom stereocenters. The van der Waals surface area contributed by atoms with Crippen LogP contribution in [0.5, 0.6) is 0 Å². The largest absolute Gasteiger partial charge is 0.276 e. The Balaban J connectivity index is 3.92. The van der Waals surface area contributed by atoms with Crippen LogP contribution in [0.2, 0.25) is 0 Å². The van der Waals surface area contributed by atoms with Crippen LogP contribution in [0.4, 0.5) is 0 Å². The molecule has 1 atom stereocenters. The molecule has 0 aliphatic heterocycles. The van der Waals surface area contributed by atoms with Crippen LogP contribution in [0.25, 0.3) is 0 Å². The maximum Gasteiger partial charge on any atom is 0.220 e. The lowest BCUT2D eigenvalue weighted by Crippen LogP contribution is -2.21. The summed E-state index contributed by atoms with van der Waals surface area (Å²) in [6, 6.07) is 0. The van der Waals surface area contributed by atoms with Gasteiger partial charge in [-0.3, -0.25) is 4.18 Å². The Bertz CT molecular complexity index is 147. The smallest absolute Gasteiger partial charge is 0.220 e. The summed E-state index contributed by atoms with van der Waals surface area (Å²) >= 11 is 0. The quantitative estimate of drug-likeness (QED) is 0.656. The van der Waals surface area contributed by atoms with Gasteiger partial charge in [0.05, 0.1) is 5.60 Å². The van der Waals surface area contributed by atoms with Crippen molar-refractivity contribution >= 4 is 20.9 Å². The maximum absolute atomic E-state index is 11.3. The molecule has 0 aromatic carbocycles. The van der Waals surface area contributed by atoms with Crippen LogP contribution in [0, 0.1) is 0 Å². The van der Waals surface area contributed by atoms with Gasteiger partial charge in [0.25, 0.3) is 0 Å².